The summed E-state index contributed by atoms with van der Waals surface area (Å²) in [4.78, 5) is 178. The molecule has 0 aromatic heterocycles. The molecule has 26 heteroatoms. The molecule has 11 atom stereocenters. The Morgan fingerprint density at radius 3 is 1.33 bits per heavy atom. The van der Waals surface area contributed by atoms with Crippen LogP contribution in [0, 0.1) is 98.7 Å². The predicted octanol–water partition coefficient (Wildman–Crippen LogP) is 3.99. The van der Waals surface area contributed by atoms with Gasteiger partial charge in [-0.2, -0.15) is 6.92 Å². The first kappa shape index (κ1) is 96.5. The Balaban J connectivity index is -0.00000251. The van der Waals surface area contributed by atoms with Crippen LogP contribution in [0.2, 0.25) is 0 Å². The number of amides is 11. The van der Waals surface area contributed by atoms with Crippen molar-refractivity contribution in [1.29, 1.82) is 0 Å². The molecule has 0 bridgehead atoms. The van der Waals surface area contributed by atoms with E-state index in [0.29, 0.717) is 0 Å². The van der Waals surface area contributed by atoms with Crippen molar-refractivity contribution in [2.24, 2.45) is 35.5 Å². The number of carbonyl (C=O) groups is 12. The number of hydrogen-bond donors (Lipinski definition) is 5. The number of terminal acetylenes is 2. The zero-order chi connectivity index (χ0) is 73.8. The van der Waals surface area contributed by atoms with E-state index in [1.54, 1.807) is 27.7 Å². The van der Waals surface area contributed by atoms with Gasteiger partial charge in [0.1, 0.15) is 54.4 Å². The van der Waals surface area contributed by atoms with Gasteiger partial charge in [-0.1, -0.05) is 116 Å². The van der Waals surface area contributed by atoms with E-state index in [9.17, 15) is 62.6 Å². The summed E-state index contributed by atoms with van der Waals surface area (Å²) in [6.45, 7) is 31.6. The number of esters is 1. The predicted molar refractivity (Wildman–Crippen MR) is 363 cm³/mol. The molecular formula is C68H122N11O14U-. The zero-order valence-corrected chi connectivity index (χ0v) is 66.0. The van der Waals surface area contributed by atoms with Gasteiger partial charge in [0.15, 0.2) is 0 Å². The first-order valence-corrected chi connectivity index (χ1v) is 32.4. The molecule has 0 aromatic rings. The Hall–Kier alpha value is -6.23. The first-order valence-electron chi connectivity index (χ1n) is 32.4. The number of likely N-dealkylation sites (N-methyl/N-ethyl adjacent to an activating group) is 7. The second-order valence-electron chi connectivity index (χ2n) is 25.6. The fourth-order valence-electron chi connectivity index (χ4n) is 9.94. The van der Waals surface area contributed by atoms with Crippen LogP contribution in [0.1, 0.15) is 170 Å². The summed E-state index contributed by atoms with van der Waals surface area (Å²) in [5, 5.41) is 21.3. The molecule has 0 aliphatic carbocycles. The summed E-state index contributed by atoms with van der Waals surface area (Å²) in [6, 6.07) is -9.98. The van der Waals surface area contributed by atoms with E-state index in [2.05, 4.69) is 60.8 Å². The minimum absolute atomic E-state index is 0. The van der Waals surface area contributed by atoms with Crippen LogP contribution in [0.5, 0.6) is 0 Å². The van der Waals surface area contributed by atoms with Gasteiger partial charge in [0, 0.05) is 87.4 Å². The van der Waals surface area contributed by atoms with E-state index < -0.39 is 163 Å². The SMILES string of the molecule is C#C.C#C.CC.CCC.C[CH-]C(O)C[C@@H](C)[C@@H](OC(C)=O)C1C(=O)NCC(=O)N(C)CC(=O)N(C)[C@@H](CC(C)C)C(=O)NC(C(C)C)C(=O)N(C)[C@@H](CC(C)C)C(=O)N[C@@H](C)C(=O)N[C@H](C)C(=O)N(C)[C@@H](CC(C)C)C(=O)N(C)[C@@H](CC(C)C)C(=O)N(C)CC(=O)N1C.[U]. The number of aliphatic hydroxyl groups excluding tert-OH is 1. The van der Waals surface area contributed by atoms with E-state index in [1.807, 2.05) is 69.2 Å². The number of carbonyl (C=O) groups excluding carboxylic acids is 12. The van der Waals surface area contributed by atoms with Crippen molar-refractivity contribution in [2.75, 3.05) is 69.0 Å². The number of hydrogen-bond acceptors (Lipinski definition) is 14. The average Bonchev–Trinajstić information content (AvgIpc) is 0.847. The van der Waals surface area contributed by atoms with Crippen LogP contribution < -0.4 is 21.3 Å². The summed E-state index contributed by atoms with van der Waals surface area (Å²) in [6.07, 6.45) is 16.8. The maximum Gasteiger partial charge on any atom is 0.303 e. The van der Waals surface area contributed by atoms with Gasteiger partial charge in [0.2, 0.25) is 65.0 Å². The summed E-state index contributed by atoms with van der Waals surface area (Å²) in [7, 11) is 9.53. The van der Waals surface area contributed by atoms with Crippen molar-refractivity contribution in [3.05, 3.63) is 6.42 Å². The molecule has 11 amide bonds. The van der Waals surface area contributed by atoms with Crippen molar-refractivity contribution in [2.45, 2.75) is 231 Å². The maximum absolute atomic E-state index is 14.8. The molecule has 1 heterocycles. The molecular weight excluding hydrogens is 1430 g/mol. The zero-order valence-electron chi connectivity index (χ0n) is 61.9. The minimum Gasteiger partial charge on any atom is -0.460 e. The average molecular weight is 1560 g/mol. The molecule has 0 aromatic carbocycles. The van der Waals surface area contributed by atoms with Gasteiger partial charge in [-0.25, -0.2) is 0 Å². The van der Waals surface area contributed by atoms with Crippen LogP contribution in [0.25, 0.3) is 0 Å². The molecule has 538 valence electrons. The Bertz CT molecular complexity index is 2420. The summed E-state index contributed by atoms with van der Waals surface area (Å²) in [5.74, 6) is -10.7. The van der Waals surface area contributed by atoms with Crippen molar-refractivity contribution in [3.63, 3.8) is 0 Å². The molecule has 0 radical (unpaired) electrons. The van der Waals surface area contributed by atoms with E-state index >= 15 is 0 Å². The number of aliphatic hydroxyl groups is 1. The van der Waals surface area contributed by atoms with E-state index in [0.717, 1.165) is 26.5 Å². The molecule has 1 aliphatic rings. The van der Waals surface area contributed by atoms with Crippen molar-refractivity contribution in [3.8, 4) is 25.7 Å². The standard InChI is InChI=1S/C59H104N11O14.C3H8.C2H6.2C2H2.U/c1-23-41(72)28-37(12)51(84-40(15)71)50-55(79)60-29-46(73)64(16)30-47(74)66(18)42(24-32(2)3)54(78)63-49(36(10)11)59(83)67(19)43(25-33(4)5)53(77)61-38(13)52(76)62-39(14)56(80)68(20)45(27-35(8)9)58(82)69(21)44(26-34(6)7)57(81)65(17)31-48(75)70(50)22;1-3-2;3*1-2;/h23,32-39,41-45,49-51,72H,24-31H2,1-22H3,(H,60,79)(H,61,77)(H,62,76)(H,63,78);3H2,1-2H3;1-2H3;2*1-2H;/q-1;;;;;/t37-,38+,39-,41?,42+,43+,44+,45+,49?,50?,51-;;;;;/m1...../s1. The van der Waals surface area contributed by atoms with Crippen molar-refractivity contribution < 1.29 is 98.5 Å². The van der Waals surface area contributed by atoms with E-state index in [-0.39, 0.29) is 86.9 Å². The maximum atomic E-state index is 14.8. The molecule has 5 N–H and O–H groups in total. The first-order chi connectivity index (χ1) is 43.1. The van der Waals surface area contributed by atoms with Crippen LogP contribution in [-0.4, -0.2) is 240 Å². The van der Waals surface area contributed by atoms with Gasteiger partial charge >= 0.3 is 5.97 Å². The Morgan fingerprint density at radius 1 is 0.532 bits per heavy atom. The van der Waals surface area contributed by atoms with Crippen LogP contribution in [0.4, 0.5) is 0 Å². The fraction of sp³-hybridized carbons (Fsp3) is 0.750. The third kappa shape index (κ3) is 33.0. The fourth-order valence-corrected chi connectivity index (χ4v) is 9.94. The monoisotopic (exact) mass is 1550 g/mol. The summed E-state index contributed by atoms with van der Waals surface area (Å²) >= 11 is 0. The largest absolute Gasteiger partial charge is 0.460 e. The topological polar surface area (TPSA) is 305 Å². The van der Waals surface area contributed by atoms with Gasteiger partial charge in [-0.3, -0.25) is 57.5 Å². The number of nitrogens with zero attached hydrogens (tertiary/aromatic N) is 7. The third-order valence-corrected chi connectivity index (χ3v) is 15.2. The Labute approximate surface area is 588 Å². The van der Waals surface area contributed by atoms with Gasteiger partial charge in [0.05, 0.1) is 19.6 Å². The summed E-state index contributed by atoms with van der Waals surface area (Å²) < 4.78 is 5.72. The number of rotatable bonds is 15. The van der Waals surface area contributed by atoms with Crippen molar-refractivity contribution >= 4 is 70.9 Å². The minimum atomic E-state index is -1.67. The molecule has 1 saturated heterocycles. The molecule has 3 unspecified atom stereocenters. The van der Waals surface area contributed by atoms with Crippen molar-refractivity contribution in [1.82, 2.24) is 55.6 Å². The molecule has 1 fully saturated rings. The molecule has 0 spiro atoms. The molecule has 1 rings (SSSR count). The second kappa shape index (κ2) is 49.3. The Kier molecular flexibility index (Phi) is 50.6. The second-order valence-corrected chi connectivity index (χ2v) is 25.6. The third-order valence-electron chi connectivity index (χ3n) is 15.2. The van der Waals surface area contributed by atoms with Gasteiger partial charge < -0.3 is 71.8 Å². The van der Waals surface area contributed by atoms with Gasteiger partial charge in [0.25, 0.3) is 0 Å². The van der Waals surface area contributed by atoms with Crippen LogP contribution in [0.3, 0.4) is 0 Å². The molecule has 25 nitrogen and oxygen atoms in total. The van der Waals surface area contributed by atoms with Crippen LogP contribution in [0.15, 0.2) is 0 Å². The Morgan fingerprint density at radius 2 is 0.904 bits per heavy atom. The molecule has 1 aliphatic heterocycles. The molecule has 94 heavy (non-hydrogen) atoms. The quantitative estimate of drug-likeness (QED) is 0.0881. The van der Waals surface area contributed by atoms with Crippen LogP contribution in [-0.2, 0) is 62.3 Å². The summed E-state index contributed by atoms with van der Waals surface area (Å²) in [5.41, 5.74) is 0. The smallest absolute Gasteiger partial charge is 0.303 e. The molecule has 0 saturated carbocycles. The van der Waals surface area contributed by atoms with E-state index in [4.69, 9.17) is 4.74 Å². The van der Waals surface area contributed by atoms with Gasteiger partial charge in [-0.15, -0.1) is 25.7 Å². The van der Waals surface area contributed by atoms with Crippen LogP contribution >= 0.6 is 0 Å². The normalized spacial score (nSPS) is 23.0. The number of nitrogens with one attached hydrogen (secondary N) is 4. The number of ether oxygens (including phenoxy) is 1. The van der Waals surface area contributed by atoms with E-state index in [1.165, 1.54) is 90.7 Å². The van der Waals surface area contributed by atoms with Gasteiger partial charge in [-0.05, 0) is 81.5 Å².